The Hall–Kier alpha value is 0.324. The molecule has 0 fully saturated rings. The quantitative estimate of drug-likeness (QED) is 0.756. The second-order valence-corrected chi connectivity index (χ2v) is 5.84. The molecule has 68 valence electrons. The second kappa shape index (κ2) is 4.71. The molecule has 0 nitrogen and oxygen atoms in total. The van der Waals surface area contributed by atoms with Crippen LogP contribution in [-0.2, 0) is 31.0 Å². The number of rotatable bonds is 2. The van der Waals surface area contributed by atoms with Crippen molar-refractivity contribution in [2.45, 2.75) is 39.5 Å². The summed E-state index contributed by atoms with van der Waals surface area (Å²) in [7, 11) is 0. The molecule has 0 aliphatic heterocycles. The van der Waals surface area contributed by atoms with Crippen molar-refractivity contribution in [3.05, 3.63) is 29.3 Å². The van der Waals surface area contributed by atoms with E-state index in [9.17, 15) is 0 Å². The van der Waals surface area contributed by atoms with E-state index in [-0.39, 0.29) is 0 Å². The van der Waals surface area contributed by atoms with E-state index in [4.69, 9.17) is 0 Å². The van der Waals surface area contributed by atoms with Gasteiger partial charge in [0.2, 0.25) is 0 Å². The second-order valence-electron chi connectivity index (χ2n) is 4.20. The van der Waals surface area contributed by atoms with Gasteiger partial charge in [0.25, 0.3) is 0 Å². The Morgan fingerprint density at radius 1 is 0.923 bits per heavy atom. The molecule has 13 heavy (non-hydrogen) atoms. The third-order valence-electron chi connectivity index (χ3n) is 2.35. The SMILES string of the molecule is CC(C)c1cc[c]([Y])cc1C(C)C. The monoisotopic (exact) mass is 250 g/mol. The zero-order valence-electron chi connectivity index (χ0n) is 8.96. The molecule has 0 unspecified atom stereocenters. The van der Waals surface area contributed by atoms with E-state index in [1.54, 1.807) is 5.56 Å². The molecule has 0 atom stereocenters. The molecule has 1 heteroatoms. The van der Waals surface area contributed by atoms with Crippen LogP contribution in [0.2, 0.25) is 0 Å². The predicted octanol–water partition coefficient (Wildman–Crippen LogP) is 3.11. The number of hydrogen-bond acceptors (Lipinski definition) is 0. The van der Waals surface area contributed by atoms with Gasteiger partial charge >= 0.3 is 102 Å². The minimum absolute atomic E-state index is 0.651. The zero-order chi connectivity index (χ0) is 10.0. The third kappa shape index (κ3) is 2.89. The Labute approximate surface area is 102 Å². The molecule has 0 saturated carbocycles. The van der Waals surface area contributed by atoms with Crippen LogP contribution in [0.25, 0.3) is 0 Å². The van der Waals surface area contributed by atoms with E-state index in [1.807, 2.05) is 0 Å². The van der Waals surface area contributed by atoms with Gasteiger partial charge in [-0.05, 0) is 0 Å². The van der Waals surface area contributed by atoms with Crippen molar-refractivity contribution in [3.8, 4) is 0 Å². The Morgan fingerprint density at radius 3 is 1.92 bits per heavy atom. The van der Waals surface area contributed by atoms with Crippen molar-refractivity contribution >= 4 is 2.37 Å². The van der Waals surface area contributed by atoms with E-state index in [1.165, 1.54) is 38.9 Å². The van der Waals surface area contributed by atoms with Crippen LogP contribution in [0.1, 0.15) is 50.7 Å². The van der Waals surface area contributed by atoms with Crippen molar-refractivity contribution < 1.29 is 31.0 Å². The summed E-state index contributed by atoms with van der Waals surface area (Å²) in [5, 5.41) is 0. The first-order chi connectivity index (χ1) is 6.02. The van der Waals surface area contributed by atoms with Gasteiger partial charge in [0.05, 0.1) is 0 Å². The zero-order valence-corrected chi connectivity index (χ0v) is 11.8. The minimum atomic E-state index is 0.651. The maximum atomic E-state index is 2.38. The standard InChI is InChI=1S/C12H17.Y/c1-9(2)11-7-5-6-8-12(11)10(3)4;/h5,7-10H,1-4H3;. The number of hydrogen-bond donors (Lipinski definition) is 0. The third-order valence-corrected chi connectivity index (χ3v) is 3.24. The summed E-state index contributed by atoms with van der Waals surface area (Å²) in [4.78, 5) is 0. The van der Waals surface area contributed by atoms with Crippen LogP contribution in [0.5, 0.6) is 0 Å². The van der Waals surface area contributed by atoms with Gasteiger partial charge in [-0.3, -0.25) is 0 Å². The molecule has 0 heterocycles. The molecule has 0 radical (unpaired) electrons. The van der Waals surface area contributed by atoms with Crippen LogP contribution in [0.3, 0.4) is 0 Å². The van der Waals surface area contributed by atoms with Crippen molar-refractivity contribution in [1.82, 2.24) is 0 Å². The van der Waals surface area contributed by atoms with Gasteiger partial charge in [0.1, 0.15) is 0 Å². The molecule has 0 aliphatic rings. The molecule has 0 bridgehead atoms. The Bertz CT molecular complexity index is 287. The van der Waals surface area contributed by atoms with Gasteiger partial charge in [0, 0.05) is 0 Å². The molecular weight excluding hydrogens is 233 g/mol. The summed E-state index contributed by atoms with van der Waals surface area (Å²) in [6.07, 6.45) is 0. The van der Waals surface area contributed by atoms with Crippen LogP contribution in [0.4, 0.5) is 0 Å². The van der Waals surface area contributed by atoms with Gasteiger partial charge in [-0.2, -0.15) is 0 Å². The van der Waals surface area contributed by atoms with E-state index in [2.05, 4.69) is 45.9 Å². The van der Waals surface area contributed by atoms with E-state index in [0.29, 0.717) is 11.8 Å². The fourth-order valence-electron chi connectivity index (χ4n) is 1.62. The summed E-state index contributed by atoms with van der Waals surface area (Å²) in [6, 6.07) is 6.95. The van der Waals surface area contributed by atoms with Crippen LogP contribution >= 0.6 is 0 Å². The molecule has 0 N–H and O–H groups in total. The molecule has 1 aromatic rings. The van der Waals surface area contributed by atoms with E-state index < -0.39 is 0 Å². The van der Waals surface area contributed by atoms with Gasteiger partial charge in [-0.1, -0.05) is 0 Å². The van der Waals surface area contributed by atoms with E-state index in [0.717, 1.165) is 0 Å². The first-order valence-corrected chi connectivity index (χ1v) is 6.33. The molecule has 1 aromatic carbocycles. The fraction of sp³-hybridized carbons (Fsp3) is 0.500. The maximum absolute atomic E-state index is 2.38. The topological polar surface area (TPSA) is 0 Å². The Morgan fingerprint density at radius 2 is 1.46 bits per heavy atom. The van der Waals surface area contributed by atoms with Gasteiger partial charge < -0.3 is 0 Å². The molecule has 0 saturated heterocycles. The van der Waals surface area contributed by atoms with Crippen molar-refractivity contribution in [3.63, 3.8) is 0 Å². The molecule has 0 spiro atoms. The first-order valence-electron chi connectivity index (χ1n) is 4.91. The van der Waals surface area contributed by atoms with Crippen LogP contribution < -0.4 is 2.37 Å². The van der Waals surface area contributed by atoms with Crippen molar-refractivity contribution in [2.75, 3.05) is 0 Å². The van der Waals surface area contributed by atoms with Gasteiger partial charge in [0.15, 0.2) is 0 Å². The van der Waals surface area contributed by atoms with Crippen LogP contribution in [0, 0.1) is 0 Å². The summed E-state index contributed by atoms with van der Waals surface area (Å²) in [6.45, 7) is 9.10. The molecule has 1 rings (SSSR count). The summed E-state index contributed by atoms with van der Waals surface area (Å²) in [5.41, 5.74) is 3.06. The summed E-state index contributed by atoms with van der Waals surface area (Å²) >= 11 is 1.23. The number of benzene rings is 1. The fourth-order valence-corrected chi connectivity index (χ4v) is 2.30. The summed E-state index contributed by atoms with van der Waals surface area (Å²) < 4.78 is 1.50. The Kier molecular flexibility index (Phi) is 4.13. The van der Waals surface area contributed by atoms with E-state index >= 15 is 0 Å². The molecular formula is C12H17Y. The normalized spacial score (nSPS) is 11.2. The van der Waals surface area contributed by atoms with Crippen LogP contribution in [0.15, 0.2) is 18.2 Å². The van der Waals surface area contributed by atoms with Gasteiger partial charge in [-0.15, -0.1) is 0 Å². The average molecular weight is 250 g/mol. The van der Waals surface area contributed by atoms with Gasteiger partial charge in [-0.25, -0.2) is 0 Å². The van der Waals surface area contributed by atoms with Crippen molar-refractivity contribution in [2.24, 2.45) is 0 Å². The molecule has 0 amide bonds. The predicted molar refractivity (Wildman–Crippen MR) is 54.3 cm³/mol. The first kappa shape index (κ1) is 11.4. The molecule has 0 aliphatic carbocycles. The Balaban J connectivity index is 3.19. The van der Waals surface area contributed by atoms with Crippen LogP contribution in [-0.4, -0.2) is 0 Å². The van der Waals surface area contributed by atoms with Crippen molar-refractivity contribution in [1.29, 1.82) is 0 Å². The average Bonchev–Trinajstić information content (AvgIpc) is 2.03. The summed E-state index contributed by atoms with van der Waals surface area (Å²) in [5.74, 6) is 1.31. The molecule has 0 aromatic heterocycles.